The summed E-state index contributed by atoms with van der Waals surface area (Å²) in [5, 5.41) is 30.9. The second-order valence-electron chi connectivity index (χ2n) is 17.5. The molecule has 1 saturated heterocycles. The van der Waals surface area contributed by atoms with Crippen LogP contribution in [0.5, 0.6) is 0 Å². The Kier molecular flexibility index (Phi) is 37.0. The minimum atomic E-state index is -4.60. The average Bonchev–Trinajstić information content (AvgIpc) is 3.24. The Labute approximate surface area is 377 Å². The Morgan fingerprint density at radius 1 is 0.548 bits per heavy atom. The summed E-state index contributed by atoms with van der Waals surface area (Å²) >= 11 is 0. The summed E-state index contributed by atoms with van der Waals surface area (Å²) in [6, 6.07) is 0. The number of esters is 2. The number of ether oxygens (including phenoxy) is 4. The highest BCUT2D eigenvalue weighted by atomic mass is 32.2. The largest absolute Gasteiger partial charge is 0.462 e. The molecular weight excluding hydrogens is 813 g/mol. The second kappa shape index (κ2) is 39.5. The van der Waals surface area contributed by atoms with Gasteiger partial charge in [-0.25, -0.2) is 0 Å². The van der Waals surface area contributed by atoms with Gasteiger partial charge in [0.15, 0.2) is 12.4 Å². The van der Waals surface area contributed by atoms with Gasteiger partial charge in [-0.15, -0.1) is 0 Å². The molecule has 1 heterocycles. The van der Waals surface area contributed by atoms with E-state index >= 15 is 0 Å². The number of aliphatic hydroxyl groups is 3. The van der Waals surface area contributed by atoms with Crippen molar-refractivity contribution in [1.82, 2.24) is 0 Å². The summed E-state index contributed by atoms with van der Waals surface area (Å²) in [5.74, 6) is -1.99. The molecular formula is C49H90O12S. The maximum absolute atomic E-state index is 12.8. The van der Waals surface area contributed by atoms with E-state index in [1.807, 2.05) is 0 Å². The monoisotopic (exact) mass is 903 g/mol. The van der Waals surface area contributed by atoms with Gasteiger partial charge in [0.2, 0.25) is 0 Å². The second-order valence-corrected chi connectivity index (χ2v) is 19.0. The molecule has 0 aromatic carbocycles. The number of rotatable bonds is 42. The maximum Gasteiger partial charge on any atom is 0.306 e. The Bertz CT molecular complexity index is 1240. The van der Waals surface area contributed by atoms with Crippen molar-refractivity contribution in [3.05, 3.63) is 24.3 Å². The molecule has 364 valence electrons. The molecule has 0 spiro atoms. The lowest BCUT2D eigenvalue weighted by Gasteiger charge is -2.40. The number of allylic oxidation sites excluding steroid dienone is 4. The van der Waals surface area contributed by atoms with Crippen LogP contribution in [0, 0.1) is 0 Å². The first-order valence-corrected chi connectivity index (χ1v) is 26.5. The molecule has 4 N–H and O–H groups in total. The zero-order valence-electron chi connectivity index (χ0n) is 39.0. The summed E-state index contributed by atoms with van der Waals surface area (Å²) in [5.41, 5.74) is 0. The molecule has 6 atom stereocenters. The van der Waals surface area contributed by atoms with Gasteiger partial charge in [0.25, 0.3) is 10.1 Å². The van der Waals surface area contributed by atoms with Crippen molar-refractivity contribution in [2.45, 2.75) is 256 Å². The average molecular weight is 903 g/mol. The number of aliphatic hydroxyl groups excluding tert-OH is 3. The third-order valence-electron chi connectivity index (χ3n) is 11.5. The molecule has 13 heteroatoms. The van der Waals surface area contributed by atoms with E-state index in [1.165, 1.54) is 116 Å². The normalized spacial score (nSPS) is 20.0. The SMILES string of the molecule is CCCC/C=C\C/C=C\CCCCCCCC(=O)OC(COC(=O)CCCCCCCCCCCCCCCCCCCCCC)COC1OC(CS(=O)(=O)O)C(O)C(O)C1O. The van der Waals surface area contributed by atoms with Crippen molar-refractivity contribution in [3.8, 4) is 0 Å². The predicted octanol–water partition coefficient (Wildman–Crippen LogP) is 10.8. The van der Waals surface area contributed by atoms with Crippen LogP contribution in [-0.4, -0.2) is 96.0 Å². The molecule has 0 bridgehead atoms. The molecule has 1 rings (SSSR count). The molecule has 1 aliphatic rings. The van der Waals surface area contributed by atoms with E-state index in [1.54, 1.807) is 0 Å². The zero-order chi connectivity index (χ0) is 45.5. The van der Waals surface area contributed by atoms with Crippen molar-refractivity contribution < 1.29 is 56.8 Å². The first-order chi connectivity index (χ1) is 30.0. The van der Waals surface area contributed by atoms with Crippen LogP contribution in [0.25, 0.3) is 0 Å². The van der Waals surface area contributed by atoms with Crippen LogP contribution in [0.3, 0.4) is 0 Å². The van der Waals surface area contributed by atoms with E-state index in [-0.39, 0.29) is 19.4 Å². The highest BCUT2D eigenvalue weighted by Crippen LogP contribution is 2.24. The third-order valence-corrected chi connectivity index (χ3v) is 12.3. The first-order valence-electron chi connectivity index (χ1n) is 24.9. The third kappa shape index (κ3) is 33.6. The van der Waals surface area contributed by atoms with Gasteiger partial charge < -0.3 is 34.3 Å². The van der Waals surface area contributed by atoms with Gasteiger partial charge >= 0.3 is 11.9 Å². The zero-order valence-corrected chi connectivity index (χ0v) is 39.8. The van der Waals surface area contributed by atoms with Gasteiger partial charge in [-0.05, 0) is 38.5 Å². The molecule has 1 aliphatic heterocycles. The topological polar surface area (TPSA) is 186 Å². The van der Waals surface area contributed by atoms with E-state index in [9.17, 15) is 37.9 Å². The lowest BCUT2D eigenvalue weighted by molar-refractivity contribution is -0.297. The highest BCUT2D eigenvalue weighted by Gasteiger charge is 2.46. The summed E-state index contributed by atoms with van der Waals surface area (Å²) in [7, 11) is -4.60. The number of carbonyl (C=O) groups is 2. The highest BCUT2D eigenvalue weighted by molar-refractivity contribution is 7.85. The predicted molar refractivity (Wildman–Crippen MR) is 247 cm³/mol. The fourth-order valence-corrected chi connectivity index (χ4v) is 8.33. The van der Waals surface area contributed by atoms with E-state index in [2.05, 4.69) is 38.2 Å². The molecule has 0 aromatic heterocycles. The smallest absolute Gasteiger partial charge is 0.306 e. The molecule has 0 saturated carbocycles. The van der Waals surface area contributed by atoms with Crippen molar-refractivity contribution in [2.75, 3.05) is 19.0 Å². The van der Waals surface area contributed by atoms with Crippen LogP contribution in [0.15, 0.2) is 24.3 Å². The van der Waals surface area contributed by atoms with E-state index in [0.29, 0.717) is 12.8 Å². The summed E-state index contributed by atoms with van der Waals surface area (Å²) in [6.45, 7) is 3.73. The van der Waals surface area contributed by atoms with Crippen molar-refractivity contribution in [3.63, 3.8) is 0 Å². The Hall–Kier alpha value is -1.87. The Morgan fingerprint density at radius 2 is 0.984 bits per heavy atom. The van der Waals surface area contributed by atoms with E-state index in [0.717, 1.165) is 64.2 Å². The van der Waals surface area contributed by atoms with Crippen LogP contribution >= 0.6 is 0 Å². The Balaban J connectivity index is 2.37. The molecule has 0 amide bonds. The van der Waals surface area contributed by atoms with Gasteiger partial charge in [0, 0.05) is 12.8 Å². The molecule has 0 radical (unpaired) electrons. The van der Waals surface area contributed by atoms with E-state index in [4.69, 9.17) is 18.9 Å². The van der Waals surface area contributed by atoms with Crippen LogP contribution in [0.2, 0.25) is 0 Å². The minimum absolute atomic E-state index is 0.151. The lowest BCUT2D eigenvalue weighted by atomic mass is 10.00. The molecule has 1 fully saturated rings. The molecule has 12 nitrogen and oxygen atoms in total. The van der Waals surface area contributed by atoms with Crippen molar-refractivity contribution in [1.29, 1.82) is 0 Å². The first kappa shape index (κ1) is 58.1. The number of hydrogen-bond acceptors (Lipinski definition) is 11. The maximum atomic E-state index is 12.8. The van der Waals surface area contributed by atoms with Gasteiger partial charge in [-0.1, -0.05) is 192 Å². The lowest BCUT2D eigenvalue weighted by Crippen LogP contribution is -2.60. The molecule has 0 aromatic rings. The fourth-order valence-electron chi connectivity index (χ4n) is 7.64. The van der Waals surface area contributed by atoms with Gasteiger partial charge in [0.05, 0.1) is 6.61 Å². The summed E-state index contributed by atoms with van der Waals surface area (Å²) in [4.78, 5) is 25.5. The van der Waals surface area contributed by atoms with Crippen LogP contribution in [0.4, 0.5) is 0 Å². The van der Waals surface area contributed by atoms with Crippen LogP contribution in [-0.2, 0) is 38.7 Å². The molecule has 0 aliphatic carbocycles. The van der Waals surface area contributed by atoms with Crippen LogP contribution in [0.1, 0.15) is 219 Å². The summed E-state index contributed by atoms with van der Waals surface area (Å²) in [6.07, 6.45) is 35.1. The molecule has 6 unspecified atom stereocenters. The summed E-state index contributed by atoms with van der Waals surface area (Å²) < 4.78 is 54.1. The van der Waals surface area contributed by atoms with Gasteiger partial charge in [-0.3, -0.25) is 14.1 Å². The van der Waals surface area contributed by atoms with Gasteiger partial charge in [0.1, 0.15) is 36.8 Å². The van der Waals surface area contributed by atoms with Gasteiger partial charge in [-0.2, -0.15) is 8.42 Å². The number of unbranched alkanes of at least 4 members (excludes halogenated alkanes) is 26. The fraction of sp³-hybridized carbons (Fsp3) is 0.878. The molecule has 62 heavy (non-hydrogen) atoms. The van der Waals surface area contributed by atoms with E-state index < -0.39 is 71.2 Å². The minimum Gasteiger partial charge on any atom is -0.462 e. The quantitative estimate of drug-likeness (QED) is 0.0197. The number of carbonyl (C=O) groups excluding carboxylic acids is 2. The van der Waals surface area contributed by atoms with Crippen molar-refractivity contribution >= 4 is 22.1 Å². The Morgan fingerprint density at radius 3 is 1.47 bits per heavy atom. The van der Waals surface area contributed by atoms with Crippen molar-refractivity contribution in [2.24, 2.45) is 0 Å². The number of hydrogen-bond donors (Lipinski definition) is 4. The van der Waals surface area contributed by atoms with Crippen LogP contribution < -0.4 is 0 Å². The standard InChI is InChI=1S/C49H90O12S/c1-3-5-7-9-11-13-15-17-19-20-21-22-23-24-26-27-29-31-33-35-37-44(50)58-39-42(40-59-49-48(54)47(53)46(52)43(61-49)41-62(55,56)57)60-45(51)38-36-34-32-30-28-25-18-16-14-12-10-8-6-4-2/h10,12,16,18,42-43,46-49,52-54H,3-9,11,13-15,17,19-41H2,1-2H3,(H,55,56,57)/b12-10-,18-16-.